The molecule has 1 aromatic heterocycles. The smallest absolute Gasteiger partial charge is 0.230 e. The van der Waals surface area contributed by atoms with Crippen LogP contribution >= 0.6 is 11.8 Å². The molecule has 1 heterocycles. The van der Waals surface area contributed by atoms with Gasteiger partial charge in [0, 0.05) is 5.69 Å². The Morgan fingerprint density at radius 1 is 1.03 bits per heavy atom. The van der Waals surface area contributed by atoms with E-state index in [4.69, 9.17) is 4.74 Å². The van der Waals surface area contributed by atoms with Crippen molar-refractivity contribution >= 4 is 17.7 Å². The van der Waals surface area contributed by atoms with Crippen LogP contribution in [0.25, 0.3) is 5.69 Å². The van der Waals surface area contributed by atoms with Crippen molar-refractivity contribution < 1.29 is 13.9 Å². The van der Waals surface area contributed by atoms with Crippen LogP contribution in [0, 0.1) is 12.7 Å². The molecule has 6 nitrogen and oxygen atoms in total. The van der Waals surface area contributed by atoms with Crippen LogP contribution in [0.1, 0.15) is 29.9 Å². The second kappa shape index (κ2) is 11.0. The number of nitrogens with one attached hydrogen (secondary N) is 1. The van der Waals surface area contributed by atoms with E-state index in [-0.39, 0.29) is 30.1 Å². The van der Waals surface area contributed by atoms with Crippen molar-refractivity contribution in [2.24, 2.45) is 0 Å². The lowest BCUT2D eigenvalue weighted by Crippen LogP contribution is -2.28. The molecule has 1 atom stereocenters. The predicted molar refractivity (Wildman–Crippen MR) is 131 cm³/mol. The summed E-state index contributed by atoms with van der Waals surface area (Å²) < 4.78 is 21.1. The Morgan fingerprint density at radius 3 is 2.47 bits per heavy atom. The number of hydrogen-bond acceptors (Lipinski definition) is 5. The van der Waals surface area contributed by atoms with Crippen LogP contribution in [-0.4, -0.2) is 26.4 Å². The fraction of sp³-hybridized carbons (Fsp3) is 0.192. The van der Waals surface area contributed by atoms with Gasteiger partial charge in [0.25, 0.3) is 0 Å². The molecule has 174 valence electrons. The lowest BCUT2D eigenvalue weighted by atomic mass is 10.1. The Labute approximate surface area is 202 Å². The number of carbonyl (C=O) groups excluding carboxylic acids is 1. The molecular weight excluding hydrogens is 451 g/mol. The van der Waals surface area contributed by atoms with Gasteiger partial charge in [0.1, 0.15) is 18.2 Å². The number of para-hydroxylation sites is 2. The highest BCUT2D eigenvalue weighted by Crippen LogP contribution is 2.24. The molecule has 0 aliphatic heterocycles. The lowest BCUT2D eigenvalue weighted by molar-refractivity contribution is -0.119. The molecule has 0 saturated carbocycles. The Hall–Kier alpha value is -3.65. The molecule has 4 rings (SSSR count). The summed E-state index contributed by atoms with van der Waals surface area (Å²) in [5, 5.41) is 12.2. The molecule has 8 heteroatoms. The minimum atomic E-state index is -0.305. The highest BCUT2D eigenvalue weighted by molar-refractivity contribution is 7.99. The first-order valence-electron chi connectivity index (χ1n) is 10.9. The van der Waals surface area contributed by atoms with Gasteiger partial charge in [-0.25, -0.2) is 4.39 Å². The zero-order valence-corrected chi connectivity index (χ0v) is 19.8. The number of benzene rings is 3. The number of rotatable bonds is 9. The average Bonchev–Trinajstić information content (AvgIpc) is 3.26. The zero-order valence-electron chi connectivity index (χ0n) is 18.9. The molecule has 3 aromatic carbocycles. The van der Waals surface area contributed by atoms with Crippen molar-refractivity contribution in [3.8, 4) is 11.4 Å². The standard InChI is InChI=1S/C26H25FN4O2S/c1-18-8-6-7-11-23(18)33-16-24-29-30-26(31(24)22-9-4-3-5-10-22)34-17-25(32)28-19(2)20-12-14-21(27)15-13-20/h3-15,19H,16-17H2,1-2H3,(H,28,32). The third-order valence-corrected chi connectivity index (χ3v) is 6.17. The number of aryl methyl sites for hydroxylation is 1. The van der Waals surface area contributed by atoms with Crippen molar-refractivity contribution in [1.82, 2.24) is 20.1 Å². The summed E-state index contributed by atoms with van der Waals surface area (Å²) in [6.07, 6.45) is 0. The van der Waals surface area contributed by atoms with Gasteiger partial charge in [-0.15, -0.1) is 10.2 Å². The van der Waals surface area contributed by atoms with Crippen molar-refractivity contribution in [3.63, 3.8) is 0 Å². The number of halogens is 1. The van der Waals surface area contributed by atoms with Crippen LogP contribution in [0.15, 0.2) is 84.0 Å². The molecule has 1 N–H and O–H groups in total. The Balaban J connectivity index is 1.46. The largest absolute Gasteiger partial charge is 0.485 e. The van der Waals surface area contributed by atoms with Crippen LogP contribution < -0.4 is 10.1 Å². The van der Waals surface area contributed by atoms with Crippen molar-refractivity contribution in [3.05, 3.63) is 102 Å². The molecule has 0 fully saturated rings. The number of thioether (sulfide) groups is 1. The first-order chi connectivity index (χ1) is 16.5. The molecule has 0 radical (unpaired) electrons. The fourth-order valence-corrected chi connectivity index (χ4v) is 4.21. The van der Waals surface area contributed by atoms with Gasteiger partial charge in [0.05, 0.1) is 11.8 Å². The molecule has 1 amide bonds. The number of ether oxygens (including phenoxy) is 1. The van der Waals surface area contributed by atoms with E-state index in [0.717, 1.165) is 22.6 Å². The van der Waals surface area contributed by atoms with E-state index < -0.39 is 0 Å². The van der Waals surface area contributed by atoms with E-state index in [1.54, 1.807) is 12.1 Å². The Bertz CT molecular complexity index is 1250. The monoisotopic (exact) mass is 476 g/mol. The number of carbonyl (C=O) groups is 1. The molecule has 0 aliphatic carbocycles. The van der Waals surface area contributed by atoms with E-state index in [2.05, 4.69) is 15.5 Å². The first-order valence-corrected chi connectivity index (χ1v) is 11.9. The van der Waals surface area contributed by atoms with Gasteiger partial charge in [0.15, 0.2) is 11.0 Å². The summed E-state index contributed by atoms with van der Waals surface area (Å²) in [6, 6.07) is 23.4. The summed E-state index contributed by atoms with van der Waals surface area (Å²) in [4.78, 5) is 12.6. The van der Waals surface area contributed by atoms with Gasteiger partial charge in [-0.1, -0.05) is 60.3 Å². The molecule has 0 spiro atoms. The second-order valence-electron chi connectivity index (χ2n) is 7.75. The molecule has 0 bridgehead atoms. The minimum Gasteiger partial charge on any atom is -0.485 e. The van der Waals surface area contributed by atoms with E-state index in [1.807, 2.05) is 73.0 Å². The van der Waals surface area contributed by atoms with Gasteiger partial charge in [-0.2, -0.15) is 0 Å². The van der Waals surface area contributed by atoms with Crippen LogP contribution in [-0.2, 0) is 11.4 Å². The van der Waals surface area contributed by atoms with E-state index >= 15 is 0 Å². The fourth-order valence-electron chi connectivity index (χ4n) is 3.43. The van der Waals surface area contributed by atoms with Crippen LogP contribution in [0.3, 0.4) is 0 Å². The molecular formula is C26H25FN4O2S. The molecule has 0 saturated heterocycles. The van der Waals surface area contributed by atoms with E-state index in [0.29, 0.717) is 11.0 Å². The van der Waals surface area contributed by atoms with Gasteiger partial charge in [-0.05, 0) is 55.3 Å². The van der Waals surface area contributed by atoms with Crippen molar-refractivity contribution in [1.29, 1.82) is 0 Å². The topological polar surface area (TPSA) is 69.0 Å². The summed E-state index contributed by atoms with van der Waals surface area (Å²) in [7, 11) is 0. The quantitative estimate of drug-likeness (QED) is 0.334. The normalized spacial score (nSPS) is 11.7. The SMILES string of the molecule is Cc1ccccc1OCc1nnc(SCC(=O)NC(C)c2ccc(F)cc2)n1-c1ccccc1. The van der Waals surface area contributed by atoms with Crippen molar-refractivity contribution in [2.75, 3.05) is 5.75 Å². The van der Waals surface area contributed by atoms with E-state index in [1.165, 1.54) is 23.9 Å². The number of hydrogen-bond donors (Lipinski definition) is 1. The summed E-state index contributed by atoms with van der Waals surface area (Å²) in [5.74, 6) is 1.13. The van der Waals surface area contributed by atoms with Crippen LogP contribution in [0.4, 0.5) is 4.39 Å². The zero-order chi connectivity index (χ0) is 23.9. The van der Waals surface area contributed by atoms with Crippen molar-refractivity contribution in [2.45, 2.75) is 31.7 Å². The summed E-state index contributed by atoms with van der Waals surface area (Å²) in [6.45, 7) is 4.09. The minimum absolute atomic E-state index is 0.151. The number of nitrogens with zero attached hydrogens (tertiary/aromatic N) is 3. The predicted octanol–water partition coefficient (Wildman–Crippen LogP) is 5.26. The molecule has 1 unspecified atom stereocenters. The van der Waals surface area contributed by atoms with E-state index in [9.17, 15) is 9.18 Å². The maximum Gasteiger partial charge on any atom is 0.230 e. The maximum atomic E-state index is 13.2. The highest BCUT2D eigenvalue weighted by atomic mass is 32.2. The summed E-state index contributed by atoms with van der Waals surface area (Å²) >= 11 is 1.30. The maximum absolute atomic E-state index is 13.2. The van der Waals surface area contributed by atoms with Gasteiger partial charge in [-0.3, -0.25) is 9.36 Å². The third-order valence-electron chi connectivity index (χ3n) is 5.24. The molecule has 4 aromatic rings. The van der Waals surface area contributed by atoms with Gasteiger partial charge in [0.2, 0.25) is 5.91 Å². The highest BCUT2D eigenvalue weighted by Gasteiger charge is 2.17. The molecule has 0 aliphatic rings. The Morgan fingerprint density at radius 2 is 1.74 bits per heavy atom. The number of amides is 1. The van der Waals surface area contributed by atoms with Crippen LogP contribution in [0.2, 0.25) is 0 Å². The van der Waals surface area contributed by atoms with Crippen LogP contribution in [0.5, 0.6) is 5.75 Å². The molecule has 34 heavy (non-hydrogen) atoms. The average molecular weight is 477 g/mol. The second-order valence-corrected chi connectivity index (χ2v) is 8.70. The summed E-state index contributed by atoms with van der Waals surface area (Å²) in [5.41, 5.74) is 2.76. The first kappa shape index (κ1) is 23.5. The third kappa shape index (κ3) is 5.82. The number of aromatic nitrogens is 3. The lowest BCUT2D eigenvalue weighted by Gasteiger charge is -2.15. The van der Waals surface area contributed by atoms with Gasteiger partial charge < -0.3 is 10.1 Å². The Kier molecular flexibility index (Phi) is 7.59. The van der Waals surface area contributed by atoms with Gasteiger partial charge >= 0.3 is 0 Å².